The number of halogens is 1. The molecule has 1 aromatic carbocycles. The van der Waals surface area contributed by atoms with Crippen LogP contribution in [0.2, 0.25) is 5.02 Å². The Morgan fingerprint density at radius 3 is 3.00 bits per heavy atom. The van der Waals surface area contributed by atoms with Gasteiger partial charge in [0.05, 0.1) is 0 Å². The summed E-state index contributed by atoms with van der Waals surface area (Å²) in [7, 11) is 0. The van der Waals surface area contributed by atoms with Crippen molar-refractivity contribution in [2.24, 2.45) is 0 Å². The zero-order valence-electron chi connectivity index (χ0n) is 8.79. The Labute approximate surface area is 98.6 Å². The van der Waals surface area contributed by atoms with Crippen molar-refractivity contribution in [1.82, 2.24) is 4.98 Å². The maximum Gasteiger partial charge on any atom is 0.133 e. The molecule has 1 aliphatic carbocycles. The van der Waals surface area contributed by atoms with Gasteiger partial charge < -0.3 is 4.98 Å². The number of rotatable bonds is 1. The highest BCUT2D eigenvalue weighted by Gasteiger charge is 2.25. The van der Waals surface area contributed by atoms with Crippen LogP contribution in [0.4, 0.5) is 0 Å². The molecule has 3 rings (SSSR count). The van der Waals surface area contributed by atoms with Gasteiger partial charge in [0.1, 0.15) is 5.78 Å². The Bertz CT molecular complexity index is 558. The maximum absolute atomic E-state index is 11.3. The van der Waals surface area contributed by atoms with E-state index in [1.54, 1.807) is 0 Å². The van der Waals surface area contributed by atoms with Gasteiger partial charge >= 0.3 is 0 Å². The largest absolute Gasteiger partial charge is 0.361 e. The van der Waals surface area contributed by atoms with Gasteiger partial charge in [-0.1, -0.05) is 11.6 Å². The molecule has 2 aromatic rings. The van der Waals surface area contributed by atoms with Crippen molar-refractivity contribution in [3.05, 3.63) is 35.0 Å². The summed E-state index contributed by atoms with van der Waals surface area (Å²) in [5.41, 5.74) is 2.34. The summed E-state index contributed by atoms with van der Waals surface area (Å²) >= 11 is 6.00. The summed E-state index contributed by atoms with van der Waals surface area (Å²) in [4.78, 5) is 14.6. The van der Waals surface area contributed by atoms with Gasteiger partial charge in [-0.25, -0.2) is 0 Å². The Kier molecular flexibility index (Phi) is 2.25. The van der Waals surface area contributed by atoms with Crippen LogP contribution in [-0.4, -0.2) is 10.8 Å². The average molecular weight is 234 g/mol. The fourth-order valence-electron chi connectivity index (χ4n) is 2.53. The molecule has 0 amide bonds. The van der Waals surface area contributed by atoms with Crippen LogP contribution in [0.3, 0.4) is 0 Å². The number of carbonyl (C=O) groups is 1. The summed E-state index contributed by atoms with van der Waals surface area (Å²) < 4.78 is 0. The summed E-state index contributed by atoms with van der Waals surface area (Å²) in [5, 5.41) is 1.91. The number of ketones is 1. The minimum absolute atomic E-state index is 0.375. The second kappa shape index (κ2) is 3.63. The molecule has 1 unspecified atom stereocenters. The van der Waals surface area contributed by atoms with E-state index >= 15 is 0 Å². The smallest absolute Gasteiger partial charge is 0.133 e. The Morgan fingerprint density at radius 1 is 1.38 bits per heavy atom. The molecule has 82 valence electrons. The monoisotopic (exact) mass is 233 g/mol. The molecular weight excluding hydrogens is 222 g/mol. The van der Waals surface area contributed by atoms with E-state index in [1.807, 2.05) is 24.4 Å². The Morgan fingerprint density at radius 2 is 2.25 bits per heavy atom. The lowest BCUT2D eigenvalue weighted by Gasteiger charge is -2.06. The van der Waals surface area contributed by atoms with E-state index < -0.39 is 0 Å². The lowest BCUT2D eigenvalue weighted by molar-refractivity contribution is -0.117. The molecule has 0 aliphatic heterocycles. The number of carbonyl (C=O) groups excluding carboxylic acids is 1. The molecule has 1 fully saturated rings. The number of fused-ring (bicyclic) bond motifs is 1. The van der Waals surface area contributed by atoms with Crippen molar-refractivity contribution in [2.75, 3.05) is 0 Å². The highest BCUT2D eigenvalue weighted by molar-refractivity contribution is 6.31. The zero-order chi connectivity index (χ0) is 11.1. The topological polar surface area (TPSA) is 32.9 Å². The van der Waals surface area contributed by atoms with E-state index in [9.17, 15) is 4.79 Å². The number of nitrogens with one attached hydrogen (secondary N) is 1. The predicted molar refractivity (Wildman–Crippen MR) is 64.9 cm³/mol. The fourth-order valence-corrected chi connectivity index (χ4v) is 2.70. The van der Waals surface area contributed by atoms with Gasteiger partial charge in [0.2, 0.25) is 0 Å². The van der Waals surface area contributed by atoms with Crippen molar-refractivity contribution in [3.8, 4) is 0 Å². The highest BCUT2D eigenvalue weighted by atomic mass is 35.5. The quantitative estimate of drug-likeness (QED) is 0.801. The van der Waals surface area contributed by atoms with Crippen molar-refractivity contribution in [3.63, 3.8) is 0 Å². The van der Waals surface area contributed by atoms with Gasteiger partial charge in [0, 0.05) is 35.0 Å². The molecule has 1 heterocycles. The van der Waals surface area contributed by atoms with E-state index in [0.717, 1.165) is 28.8 Å². The molecule has 1 N–H and O–H groups in total. The second-order valence-corrected chi connectivity index (χ2v) is 4.85. The first-order chi connectivity index (χ1) is 7.74. The van der Waals surface area contributed by atoms with Gasteiger partial charge in [0.15, 0.2) is 0 Å². The van der Waals surface area contributed by atoms with E-state index in [1.165, 1.54) is 5.56 Å². The molecule has 1 atom stereocenters. The zero-order valence-corrected chi connectivity index (χ0v) is 9.55. The lowest BCUT2D eigenvalue weighted by atomic mass is 9.97. The molecule has 1 aromatic heterocycles. The van der Waals surface area contributed by atoms with Crippen LogP contribution in [0.25, 0.3) is 10.9 Å². The first-order valence-electron chi connectivity index (χ1n) is 5.52. The summed E-state index contributed by atoms with van der Waals surface area (Å²) in [6.45, 7) is 0. The van der Waals surface area contributed by atoms with Crippen LogP contribution in [0.5, 0.6) is 0 Å². The van der Waals surface area contributed by atoms with Crippen molar-refractivity contribution < 1.29 is 4.79 Å². The van der Waals surface area contributed by atoms with Gasteiger partial charge in [-0.3, -0.25) is 4.79 Å². The number of Topliss-reactive ketones (excluding diaryl/α,β-unsaturated/α-hetero) is 1. The Balaban J connectivity index is 2.09. The fraction of sp³-hybridized carbons (Fsp3) is 0.308. The van der Waals surface area contributed by atoms with E-state index in [4.69, 9.17) is 11.6 Å². The molecule has 0 saturated heterocycles. The molecular formula is C13H12ClNO. The van der Waals surface area contributed by atoms with Crippen LogP contribution in [-0.2, 0) is 4.79 Å². The van der Waals surface area contributed by atoms with Crippen molar-refractivity contribution in [1.29, 1.82) is 0 Å². The summed E-state index contributed by atoms with van der Waals surface area (Å²) in [6, 6.07) is 5.84. The number of aromatic amines is 1. The predicted octanol–water partition coefficient (Wildman–Crippen LogP) is 3.66. The molecule has 3 heteroatoms. The molecule has 16 heavy (non-hydrogen) atoms. The number of aromatic nitrogens is 1. The normalized spacial score (nSPS) is 20.8. The standard InChI is InChI=1S/C13H12ClNO/c14-9-2-4-13-11(6-9)12(7-15-13)8-1-3-10(16)5-8/h2,4,6-8,15H,1,3,5H2. The average Bonchev–Trinajstić information content (AvgIpc) is 2.83. The van der Waals surface area contributed by atoms with Gasteiger partial charge in [-0.15, -0.1) is 0 Å². The van der Waals surface area contributed by atoms with Crippen molar-refractivity contribution >= 4 is 28.3 Å². The molecule has 1 aliphatic rings. The van der Waals surface area contributed by atoms with Crippen LogP contribution >= 0.6 is 11.6 Å². The van der Waals surface area contributed by atoms with E-state index in [-0.39, 0.29) is 0 Å². The summed E-state index contributed by atoms with van der Waals surface area (Å²) in [6.07, 6.45) is 4.39. The Hall–Kier alpha value is -1.28. The van der Waals surface area contributed by atoms with Crippen LogP contribution in [0.15, 0.2) is 24.4 Å². The molecule has 0 radical (unpaired) electrons. The van der Waals surface area contributed by atoms with E-state index in [0.29, 0.717) is 18.1 Å². The van der Waals surface area contributed by atoms with Gasteiger partial charge in [0.25, 0.3) is 0 Å². The molecule has 0 spiro atoms. The maximum atomic E-state index is 11.3. The number of H-pyrrole nitrogens is 1. The van der Waals surface area contributed by atoms with Crippen LogP contribution < -0.4 is 0 Å². The molecule has 0 bridgehead atoms. The lowest BCUT2D eigenvalue weighted by Crippen LogP contribution is -1.92. The number of hydrogen-bond acceptors (Lipinski definition) is 1. The highest BCUT2D eigenvalue weighted by Crippen LogP contribution is 2.36. The molecule has 1 saturated carbocycles. The number of benzene rings is 1. The third kappa shape index (κ3) is 1.54. The minimum Gasteiger partial charge on any atom is -0.361 e. The first-order valence-corrected chi connectivity index (χ1v) is 5.90. The van der Waals surface area contributed by atoms with Crippen molar-refractivity contribution in [2.45, 2.75) is 25.2 Å². The third-order valence-corrected chi connectivity index (χ3v) is 3.60. The summed E-state index contributed by atoms with van der Waals surface area (Å²) in [5.74, 6) is 0.751. The SMILES string of the molecule is O=C1CCC(c2c[nH]c3ccc(Cl)cc23)C1. The van der Waals surface area contributed by atoms with Gasteiger partial charge in [-0.2, -0.15) is 0 Å². The number of hydrogen-bond donors (Lipinski definition) is 1. The second-order valence-electron chi connectivity index (χ2n) is 4.41. The van der Waals surface area contributed by atoms with Crippen LogP contribution in [0, 0.1) is 0 Å². The van der Waals surface area contributed by atoms with Crippen LogP contribution in [0.1, 0.15) is 30.7 Å². The van der Waals surface area contributed by atoms with E-state index in [2.05, 4.69) is 4.98 Å². The molecule has 2 nitrogen and oxygen atoms in total. The first kappa shape index (κ1) is 9.91. The van der Waals surface area contributed by atoms with Gasteiger partial charge in [-0.05, 0) is 36.1 Å². The third-order valence-electron chi connectivity index (χ3n) is 3.36. The minimum atomic E-state index is 0.375.